The molecule has 0 aromatic heterocycles. The van der Waals surface area contributed by atoms with Gasteiger partial charge in [0.05, 0.1) is 7.11 Å². The van der Waals surface area contributed by atoms with Gasteiger partial charge in [0.2, 0.25) is 0 Å². The van der Waals surface area contributed by atoms with Crippen LogP contribution in [0.5, 0.6) is 17.2 Å². The third-order valence-corrected chi connectivity index (χ3v) is 3.76. The number of ether oxygens (including phenoxy) is 5. The molecule has 0 unspecified atom stereocenters. The lowest BCUT2D eigenvalue weighted by atomic mass is 10.1. The molecule has 0 aliphatic heterocycles. The van der Waals surface area contributed by atoms with E-state index in [0.29, 0.717) is 22.8 Å². The first-order valence-corrected chi connectivity index (χ1v) is 8.33. The zero-order valence-corrected chi connectivity index (χ0v) is 16.0. The lowest BCUT2D eigenvalue weighted by Gasteiger charge is -2.12. The maximum Gasteiger partial charge on any atom is 0.188 e. The Morgan fingerprint density at radius 2 is 1.59 bits per heavy atom. The molecule has 0 N–H and O–H groups in total. The Kier molecular flexibility index (Phi) is 7.85. The molecule has 0 radical (unpaired) electrons. The lowest BCUT2D eigenvalue weighted by Crippen LogP contribution is -2.01. The zero-order chi connectivity index (χ0) is 19.6. The van der Waals surface area contributed by atoms with Gasteiger partial charge < -0.3 is 23.7 Å². The lowest BCUT2D eigenvalue weighted by molar-refractivity contribution is 0.0504. The van der Waals surface area contributed by atoms with Crippen molar-refractivity contribution in [2.24, 2.45) is 0 Å². The molecule has 144 valence electrons. The van der Waals surface area contributed by atoms with Gasteiger partial charge in [-0.15, -0.1) is 0 Å². The Bertz CT molecular complexity index is 780. The standard InChI is InChI=1S/C21H24O6/c1-15-11-17(21(25-4)12-20(15)27-14-24-3)7-10-19(22)16-5-8-18(9-6-16)26-13-23-2/h5-12H,13-14H2,1-4H3/b10-7+. The number of hydrogen-bond donors (Lipinski definition) is 0. The van der Waals surface area contributed by atoms with Gasteiger partial charge in [0, 0.05) is 31.4 Å². The second kappa shape index (κ2) is 10.4. The van der Waals surface area contributed by atoms with Crippen LogP contribution in [0.2, 0.25) is 0 Å². The number of aryl methyl sites for hydroxylation is 1. The van der Waals surface area contributed by atoms with E-state index in [-0.39, 0.29) is 19.4 Å². The third-order valence-electron chi connectivity index (χ3n) is 3.76. The number of methoxy groups -OCH3 is 3. The van der Waals surface area contributed by atoms with Crippen LogP contribution in [0.3, 0.4) is 0 Å². The van der Waals surface area contributed by atoms with Gasteiger partial charge in [-0.3, -0.25) is 4.79 Å². The molecule has 0 bridgehead atoms. The number of benzene rings is 2. The minimum atomic E-state index is -0.118. The molecule has 0 saturated carbocycles. The van der Waals surface area contributed by atoms with Crippen molar-refractivity contribution in [2.45, 2.75) is 6.92 Å². The Balaban J connectivity index is 2.14. The van der Waals surface area contributed by atoms with E-state index in [9.17, 15) is 4.79 Å². The summed E-state index contributed by atoms with van der Waals surface area (Å²) in [5, 5.41) is 0. The number of carbonyl (C=O) groups excluding carboxylic acids is 1. The highest BCUT2D eigenvalue weighted by molar-refractivity contribution is 6.07. The number of carbonyl (C=O) groups is 1. The van der Waals surface area contributed by atoms with E-state index in [1.165, 1.54) is 6.08 Å². The van der Waals surface area contributed by atoms with Gasteiger partial charge >= 0.3 is 0 Å². The smallest absolute Gasteiger partial charge is 0.188 e. The highest BCUT2D eigenvalue weighted by Crippen LogP contribution is 2.30. The van der Waals surface area contributed by atoms with E-state index in [4.69, 9.17) is 23.7 Å². The summed E-state index contributed by atoms with van der Waals surface area (Å²) < 4.78 is 26.0. The van der Waals surface area contributed by atoms with E-state index in [1.807, 2.05) is 13.0 Å². The van der Waals surface area contributed by atoms with Gasteiger partial charge in [0.25, 0.3) is 0 Å². The highest BCUT2D eigenvalue weighted by atomic mass is 16.7. The van der Waals surface area contributed by atoms with Crippen molar-refractivity contribution in [3.8, 4) is 17.2 Å². The fourth-order valence-electron chi connectivity index (χ4n) is 2.38. The fraction of sp³-hybridized carbons (Fsp3) is 0.286. The molecule has 0 aliphatic rings. The van der Waals surface area contributed by atoms with Gasteiger partial charge in [-0.25, -0.2) is 0 Å². The van der Waals surface area contributed by atoms with Crippen LogP contribution in [0.1, 0.15) is 21.5 Å². The largest absolute Gasteiger partial charge is 0.496 e. The van der Waals surface area contributed by atoms with E-state index >= 15 is 0 Å². The molecule has 0 saturated heterocycles. The summed E-state index contributed by atoms with van der Waals surface area (Å²) in [5.41, 5.74) is 2.26. The van der Waals surface area contributed by atoms with Crippen molar-refractivity contribution >= 4 is 11.9 Å². The summed E-state index contributed by atoms with van der Waals surface area (Å²) >= 11 is 0. The van der Waals surface area contributed by atoms with Crippen molar-refractivity contribution in [2.75, 3.05) is 34.9 Å². The maximum atomic E-state index is 12.4. The van der Waals surface area contributed by atoms with E-state index in [1.54, 1.807) is 57.7 Å². The second-order valence-electron chi connectivity index (χ2n) is 5.68. The van der Waals surface area contributed by atoms with Crippen molar-refractivity contribution < 1.29 is 28.5 Å². The first-order valence-electron chi connectivity index (χ1n) is 8.33. The molecule has 0 atom stereocenters. The predicted molar refractivity (Wildman–Crippen MR) is 103 cm³/mol. The molecule has 6 heteroatoms. The SMILES string of the molecule is COCOc1ccc(C(=O)/C=C/c2cc(C)c(OCOC)cc2OC)cc1. The zero-order valence-electron chi connectivity index (χ0n) is 16.0. The van der Waals surface area contributed by atoms with Gasteiger partial charge in [0.1, 0.15) is 17.2 Å². The summed E-state index contributed by atoms with van der Waals surface area (Å²) in [6, 6.07) is 10.6. The molecule has 0 aliphatic carbocycles. The van der Waals surface area contributed by atoms with Crippen LogP contribution in [0.15, 0.2) is 42.5 Å². The molecule has 2 rings (SSSR count). The van der Waals surface area contributed by atoms with E-state index in [2.05, 4.69) is 0 Å². The molecule has 0 fully saturated rings. The first-order chi connectivity index (χ1) is 13.1. The van der Waals surface area contributed by atoms with Crippen LogP contribution in [-0.4, -0.2) is 40.7 Å². The van der Waals surface area contributed by atoms with Crippen LogP contribution < -0.4 is 14.2 Å². The van der Waals surface area contributed by atoms with Crippen LogP contribution >= 0.6 is 0 Å². The Morgan fingerprint density at radius 3 is 2.22 bits per heavy atom. The quantitative estimate of drug-likeness (QED) is 0.358. The van der Waals surface area contributed by atoms with Crippen molar-refractivity contribution in [3.05, 3.63) is 59.2 Å². The number of hydrogen-bond acceptors (Lipinski definition) is 6. The van der Waals surface area contributed by atoms with Gasteiger partial charge in [0.15, 0.2) is 19.4 Å². The Hall–Kier alpha value is -2.83. The minimum absolute atomic E-state index is 0.118. The number of allylic oxidation sites excluding steroid dienone is 1. The van der Waals surface area contributed by atoms with Crippen LogP contribution in [0, 0.1) is 6.92 Å². The number of ketones is 1. The molecule has 0 heterocycles. The second-order valence-corrected chi connectivity index (χ2v) is 5.68. The fourth-order valence-corrected chi connectivity index (χ4v) is 2.38. The summed E-state index contributed by atoms with van der Waals surface area (Å²) in [5.74, 6) is 1.80. The van der Waals surface area contributed by atoms with E-state index in [0.717, 1.165) is 11.1 Å². The minimum Gasteiger partial charge on any atom is -0.496 e. The Labute approximate surface area is 159 Å². The Morgan fingerprint density at radius 1 is 0.926 bits per heavy atom. The highest BCUT2D eigenvalue weighted by Gasteiger charge is 2.09. The maximum absolute atomic E-state index is 12.4. The topological polar surface area (TPSA) is 63.2 Å². The van der Waals surface area contributed by atoms with E-state index < -0.39 is 0 Å². The van der Waals surface area contributed by atoms with Crippen molar-refractivity contribution in [1.82, 2.24) is 0 Å². The molecule has 0 spiro atoms. The molecule has 2 aromatic carbocycles. The molecule has 0 amide bonds. The molecule has 27 heavy (non-hydrogen) atoms. The summed E-state index contributed by atoms with van der Waals surface area (Å²) in [6.07, 6.45) is 3.24. The predicted octanol–water partition coefficient (Wildman–Crippen LogP) is 3.87. The van der Waals surface area contributed by atoms with Crippen LogP contribution in [0.4, 0.5) is 0 Å². The van der Waals surface area contributed by atoms with Crippen molar-refractivity contribution in [1.29, 1.82) is 0 Å². The van der Waals surface area contributed by atoms with Gasteiger partial charge in [-0.2, -0.15) is 0 Å². The monoisotopic (exact) mass is 372 g/mol. The van der Waals surface area contributed by atoms with Crippen LogP contribution in [0.25, 0.3) is 6.08 Å². The van der Waals surface area contributed by atoms with Gasteiger partial charge in [-0.05, 0) is 55.0 Å². The van der Waals surface area contributed by atoms with Gasteiger partial charge in [-0.1, -0.05) is 0 Å². The molecule has 6 nitrogen and oxygen atoms in total. The normalized spacial score (nSPS) is 10.8. The molecular weight excluding hydrogens is 348 g/mol. The van der Waals surface area contributed by atoms with Crippen LogP contribution in [-0.2, 0) is 9.47 Å². The third kappa shape index (κ3) is 5.84. The first kappa shape index (κ1) is 20.5. The van der Waals surface area contributed by atoms with Crippen molar-refractivity contribution in [3.63, 3.8) is 0 Å². The molecular formula is C21H24O6. The summed E-state index contributed by atoms with van der Waals surface area (Å²) in [6.45, 7) is 2.24. The number of rotatable bonds is 10. The average molecular weight is 372 g/mol. The summed E-state index contributed by atoms with van der Waals surface area (Å²) in [7, 11) is 4.68. The average Bonchev–Trinajstić information content (AvgIpc) is 2.70. The molecule has 2 aromatic rings. The summed E-state index contributed by atoms with van der Waals surface area (Å²) in [4.78, 5) is 12.4.